The Morgan fingerprint density at radius 1 is 0.929 bits per heavy atom. The van der Waals surface area contributed by atoms with Gasteiger partial charge in [0.05, 0.1) is 24.6 Å². The number of amides is 2. The third-order valence-electron chi connectivity index (χ3n) is 4.24. The van der Waals surface area contributed by atoms with Crippen molar-refractivity contribution >= 4 is 23.2 Å². The topological polar surface area (TPSA) is 76.7 Å². The van der Waals surface area contributed by atoms with E-state index in [0.29, 0.717) is 22.9 Å². The molecule has 28 heavy (non-hydrogen) atoms. The van der Waals surface area contributed by atoms with Gasteiger partial charge in [0.15, 0.2) is 0 Å². The van der Waals surface area contributed by atoms with Gasteiger partial charge in [-0.1, -0.05) is 18.2 Å². The van der Waals surface area contributed by atoms with E-state index >= 15 is 0 Å². The van der Waals surface area contributed by atoms with Gasteiger partial charge in [-0.25, -0.2) is 0 Å². The van der Waals surface area contributed by atoms with Gasteiger partial charge >= 0.3 is 0 Å². The molecule has 6 nitrogen and oxygen atoms in total. The van der Waals surface area contributed by atoms with Gasteiger partial charge in [-0.05, 0) is 64.4 Å². The largest absolute Gasteiger partial charge is 0.495 e. The highest BCUT2D eigenvalue weighted by molar-refractivity contribution is 6.14. The normalized spacial score (nSPS) is 11.1. The first-order chi connectivity index (χ1) is 13.1. The molecule has 2 rings (SSSR count). The number of nitrogens with one attached hydrogen (secondary N) is 2. The number of carbonyl (C=O) groups excluding carboxylic acids is 2. The van der Waals surface area contributed by atoms with Crippen molar-refractivity contribution in [3.05, 3.63) is 48.0 Å². The number of methoxy groups -OCH3 is 1. The van der Waals surface area contributed by atoms with Gasteiger partial charge in [0.25, 0.3) is 0 Å². The van der Waals surface area contributed by atoms with Crippen LogP contribution in [0.1, 0.15) is 33.3 Å². The van der Waals surface area contributed by atoms with Crippen molar-refractivity contribution in [1.29, 1.82) is 0 Å². The van der Waals surface area contributed by atoms with Crippen molar-refractivity contribution in [2.75, 3.05) is 17.7 Å². The molecule has 0 saturated carbocycles. The van der Waals surface area contributed by atoms with Crippen LogP contribution in [-0.2, 0) is 9.59 Å². The lowest BCUT2D eigenvalue weighted by Crippen LogP contribution is -2.41. The monoisotopic (exact) mass is 384 g/mol. The van der Waals surface area contributed by atoms with E-state index in [-0.39, 0.29) is 6.10 Å². The summed E-state index contributed by atoms with van der Waals surface area (Å²) < 4.78 is 11.0. The van der Waals surface area contributed by atoms with E-state index in [9.17, 15) is 9.59 Å². The van der Waals surface area contributed by atoms with Crippen LogP contribution in [0.25, 0.3) is 0 Å². The van der Waals surface area contributed by atoms with Gasteiger partial charge in [0.1, 0.15) is 16.9 Å². The standard InChI is InChI=1S/C22H28N2O4/c1-14(2)28-19-10-8-7-9-16(19)23-20(25)22(4,5)21(26)24-17-13-15(3)11-12-18(17)27-6/h7-14H,1-6H3,(H,23,25)(H,24,26). The second-order valence-corrected chi connectivity index (χ2v) is 7.40. The van der Waals surface area contributed by atoms with Crippen molar-refractivity contribution < 1.29 is 19.1 Å². The molecule has 0 unspecified atom stereocenters. The Hall–Kier alpha value is -3.02. The molecule has 0 radical (unpaired) electrons. The smallest absolute Gasteiger partial charge is 0.239 e. The lowest BCUT2D eigenvalue weighted by Gasteiger charge is -2.24. The minimum absolute atomic E-state index is 0.0388. The zero-order valence-corrected chi connectivity index (χ0v) is 17.3. The minimum Gasteiger partial charge on any atom is -0.495 e. The lowest BCUT2D eigenvalue weighted by atomic mass is 9.90. The molecule has 150 valence electrons. The van der Waals surface area contributed by atoms with Crippen molar-refractivity contribution in [2.45, 2.75) is 40.7 Å². The molecule has 2 aromatic carbocycles. The highest BCUT2D eigenvalue weighted by Gasteiger charge is 2.37. The Bertz CT molecular complexity index is 859. The van der Waals surface area contributed by atoms with Crippen LogP contribution < -0.4 is 20.1 Å². The Morgan fingerprint density at radius 3 is 2.14 bits per heavy atom. The van der Waals surface area contributed by atoms with E-state index in [1.54, 1.807) is 44.2 Å². The Morgan fingerprint density at radius 2 is 1.54 bits per heavy atom. The zero-order chi connectivity index (χ0) is 20.9. The number of carbonyl (C=O) groups is 2. The summed E-state index contributed by atoms with van der Waals surface area (Å²) in [7, 11) is 1.53. The molecule has 0 aliphatic rings. The number of anilines is 2. The van der Waals surface area contributed by atoms with E-state index in [1.165, 1.54) is 7.11 Å². The van der Waals surface area contributed by atoms with E-state index in [2.05, 4.69) is 10.6 Å². The molecule has 0 atom stereocenters. The van der Waals surface area contributed by atoms with E-state index in [1.807, 2.05) is 32.9 Å². The molecule has 0 heterocycles. The molecule has 0 aromatic heterocycles. The predicted molar refractivity (Wildman–Crippen MR) is 111 cm³/mol. The number of hydrogen-bond acceptors (Lipinski definition) is 4. The average molecular weight is 384 g/mol. The first-order valence-corrected chi connectivity index (χ1v) is 9.18. The van der Waals surface area contributed by atoms with Crippen molar-refractivity contribution in [3.8, 4) is 11.5 Å². The Labute approximate surface area is 166 Å². The number of hydrogen-bond donors (Lipinski definition) is 2. The molecule has 0 bridgehead atoms. The average Bonchev–Trinajstić information content (AvgIpc) is 2.63. The molecular formula is C22H28N2O4. The fourth-order valence-corrected chi connectivity index (χ4v) is 2.51. The summed E-state index contributed by atoms with van der Waals surface area (Å²) in [6, 6.07) is 12.6. The molecule has 0 spiro atoms. The van der Waals surface area contributed by atoms with Crippen LogP contribution in [0.2, 0.25) is 0 Å². The van der Waals surface area contributed by atoms with Gasteiger partial charge in [-0.3, -0.25) is 9.59 Å². The number of aryl methyl sites for hydroxylation is 1. The van der Waals surface area contributed by atoms with Crippen LogP contribution >= 0.6 is 0 Å². The highest BCUT2D eigenvalue weighted by atomic mass is 16.5. The summed E-state index contributed by atoms with van der Waals surface area (Å²) in [4.78, 5) is 25.7. The number of rotatable bonds is 7. The lowest BCUT2D eigenvalue weighted by molar-refractivity contribution is -0.135. The maximum Gasteiger partial charge on any atom is 0.239 e. The summed E-state index contributed by atoms with van der Waals surface area (Å²) >= 11 is 0. The molecule has 2 N–H and O–H groups in total. The fraction of sp³-hybridized carbons (Fsp3) is 0.364. The maximum absolute atomic E-state index is 12.9. The van der Waals surface area contributed by atoms with Crippen LogP contribution in [-0.4, -0.2) is 25.0 Å². The predicted octanol–water partition coefficient (Wildman–Crippen LogP) is 4.39. The van der Waals surface area contributed by atoms with Gasteiger partial charge in [0.2, 0.25) is 11.8 Å². The molecule has 6 heteroatoms. The van der Waals surface area contributed by atoms with Crippen LogP contribution in [0.3, 0.4) is 0 Å². The Balaban J connectivity index is 2.19. The number of ether oxygens (including phenoxy) is 2. The summed E-state index contributed by atoms with van der Waals surface area (Å²) in [6.07, 6.45) is -0.0388. The van der Waals surface area contributed by atoms with Crippen LogP contribution in [0.5, 0.6) is 11.5 Å². The molecule has 0 aliphatic carbocycles. The van der Waals surface area contributed by atoms with Gasteiger partial charge in [-0.2, -0.15) is 0 Å². The third-order valence-corrected chi connectivity index (χ3v) is 4.24. The quantitative estimate of drug-likeness (QED) is 0.694. The van der Waals surface area contributed by atoms with Crippen LogP contribution in [0.4, 0.5) is 11.4 Å². The van der Waals surface area contributed by atoms with Gasteiger partial charge in [0, 0.05) is 0 Å². The number of para-hydroxylation sites is 2. The van der Waals surface area contributed by atoms with Crippen molar-refractivity contribution in [1.82, 2.24) is 0 Å². The molecule has 0 fully saturated rings. The second kappa shape index (κ2) is 8.78. The fourth-order valence-electron chi connectivity index (χ4n) is 2.51. The molecule has 2 amide bonds. The van der Waals surface area contributed by atoms with Gasteiger partial charge in [-0.15, -0.1) is 0 Å². The first-order valence-electron chi connectivity index (χ1n) is 9.18. The maximum atomic E-state index is 12.9. The summed E-state index contributed by atoms with van der Waals surface area (Å²) in [6.45, 7) is 8.88. The van der Waals surface area contributed by atoms with Crippen molar-refractivity contribution in [2.24, 2.45) is 5.41 Å². The minimum atomic E-state index is -1.32. The summed E-state index contributed by atoms with van der Waals surface area (Å²) in [5, 5.41) is 5.61. The Kier molecular flexibility index (Phi) is 6.67. The third kappa shape index (κ3) is 5.03. The SMILES string of the molecule is COc1ccc(C)cc1NC(=O)C(C)(C)C(=O)Nc1ccccc1OC(C)C. The van der Waals surface area contributed by atoms with Crippen LogP contribution in [0.15, 0.2) is 42.5 Å². The molecular weight excluding hydrogens is 356 g/mol. The molecule has 0 saturated heterocycles. The molecule has 2 aromatic rings. The number of benzene rings is 2. The van der Waals surface area contributed by atoms with Crippen molar-refractivity contribution in [3.63, 3.8) is 0 Å². The second-order valence-electron chi connectivity index (χ2n) is 7.40. The van der Waals surface area contributed by atoms with E-state index in [4.69, 9.17) is 9.47 Å². The zero-order valence-electron chi connectivity index (χ0n) is 17.3. The van der Waals surface area contributed by atoms with Crippen LogP contribution in [0, 0.1) is 12.3 Å². The summed E-state index contributed by atoms with van der Waals surface area (Å²) in [5.74, 6) is 0.223. The summed E-state index contributed by atoms with van der Waals surface area (Å²) in [5.41, 5.74) is 0.699. The van der Waals surface area contributed by atoms with Gasteiger partial charge < -0.3 is 20.1 Å². The molecule has 0 aliphatic heterocycles. The van der Waals surface area contributed by atoms with E-state index < -0.39 is 17.2 Å². The van der Waals surface area contributed by atoms with E-state index in [0.717, 1.165) is 5.56 Å². The highest BCUT2D eigenvalue weighted by Crippen LogP contribution is 2.30. The first kappa shape index (κ1) is 21.3.